The number of nitrogens with zero attached hydrogens (tertiary/aromatic N) is 2. The van der Waals surface area contributed by atoms with Gasteiger partial charge in [-0.05, 0) is 6.07 Å². The van der Waals surface area contributed by atoms with Crippen LogP contribution in [0.15, 0.2) is 12.3 Å². The zero-order valence-electron chi connectivity index (χ0n) is 6.27. The third-order valence-corrected chi connectivity index (χ3v) is 2.10. The molecule has 1 aromatic heterocycles. The van der Waals surface area contributed by atoms with E-state index in [1.807, 2.05) is 0 Å². The van der Waals surface area contributed by atoms with Crippen molar-refractivity contribution in [3.05, 3.63) is 18.0 Å². The van der Waals surface area contributed by atoms with Gasteiger partial charge in [-0.1, -0.05) is 15.9 Å². The fraction of sp³-hybridized carbons (Fsp3) is 0.286. The van der Waals surface area contributed by atoms with Gasteiger partial charge in [0, 0.05) is 11.5 Å². The average Bonchev–Trinajstić information content (AvgIpc) is 2.07. The van der Waals surface area contributed by atoms with Crippen LogP contribution in [0, 0.1) is 0 Å². The predicted molar refractivity (Wildman–Crippen MR) is 49.0 cm³/mol. The highest BCUT2D eigenvalue weighted by molar-refractivity contribution is 9.09. The quantitative estimate of drug-likeness (QED) is 0.614. The van der Waals surface area contributed by atoms with Gasteiger partial charge in [-0.15, -0.1) is 0 Å². The summed E-state index contributed by atoms with van der Waals surface area (Å²) in [5.41, 5.74) is 6.00. The van der Waals surface area contributed by atoms with Gasteiger partial charge in [0.15, 0.2) is 0 Å². The average molecular weight is 230 g/mol. The Morgan fingerprint density at radius 3 is 3.00 bits per heavy atom. The molecule has 1 atom stereocenters. The number of anilines is 1. The molecule has 1 unspecified atom stereocenters. The lowest BCUT2D eigenvalue weighted by atomic mass is 10.1. The number of carbonyl (C=O) groups excluding carboxylic acids is 1. The fourth-order valence-corrected chi connectivity index (χ4v) is 1.26. The summed E-state index contributed by atoms with van der Waals surface area (Å²) in [4.78, 5) is 18.2. The molecule has 0 spiro atoms. The molecular formula is C7H8BrN3O. The maximum Gasteiger partial charge on any atom is 0.220 e. The van der Waals surface area contributed by atoms with E-state index in [1.54, 1.807) is 6.07 Å². The maximum atomic E-state index is 10.5. The topological polar surface area (TPSA) is 68.9 Å². The molecular weight excluding hydrogens is 222 g/mol. The molecule has 0 bridgehead atoms. The van der Waals surface area contributed by atoms with Crippen LogP contribution < -0.4 is 5.73 Å². The number of hydrogen-bond donors (Lipinski definition) is 1. The molecule has 1 heterocycles. The van der Waals surface area contributed by atoms with Gasteiger partial charge < -0.3 is 10.5 Å². The number of halogens is 1. The summed E-state index contributed by atoms with van der Waals surface area (Å²) in [5, 5.41) is 0.549. The summed E-state index contributed by atoms with van der Waals surface area (Å²) >= 11 is 3.20. The second-order valence-electron chi connectivity index (χ2n) is 2.24. The second kappa shape index (κ2) is 4.15. The van der Waals surface area contributed by atoms with Crippen LogP contribution in [-0.2, 0) is 4.79 Å². The second-order valence-corrected chi connectivity index (χ2v) is 2.88. The van der Waals surface area contributed by atoms with Gasteiger partial charge in [-0.3, -0.25) is 0 Å². The summed E-state index contributed by atoms with van der Waals surface area (Å²) in [5.74, 6) is -0.0457. The smallest absolute Gasteiger partial charge is 0.220 e. The Kier molecular flexibility index (Phi) is 3.16. The highest BCUT2D eigenvalue weighted by Crippen LogP contribution is 2.12. The Bertz CT molecular complexity index is 279. The molecule has 0 aliphatic rings. The van der Waals surface area contributed by atoms with Crippen molar-refractivity contribution in [1.82, 2.24) is 9.97 Å². The maximum absolute atomic E-state index is 10.5. The first kappa shape index (κ1) is 9.12. The van der Waals surface area contributed by atoms with Crippen LogP contribution in [0.1, 0.15) is 11.6 Å². The Hall–Kier alpha value is -0.970. The van der Waals surface area contributed by atoms with E-state index in [4.69, 9.17) is 5.73 Å². The van der Waals surface area contributed by atoms with E-state index in [-0.39, 0.29) is 11.9 Å². The number of aromatic nitrogens is 2. The third kappa shape index (κ3) is 2.01. The van der Waals surface area contributed by atoms with Crippen LogP contribution in [0.4, 0.5) is 5.95 Å². The minimum atomic E-state index is -0.240. The molecule has 64 valence electrons. The lowest BCUT2D eigenvalue weighted by Gasteiger charge is -2.04. The molecule has 12 heavy (non-hydrogen) atoms. The van der Waals surface area contributed by atoms with Gasteiger partial charge >= 0.3 is 0 Å². The van der Waals surface area contributed by atoms with Crippen molar-refractivity contribution in [1.29, 1.82) is 0 Å². The first-order chi connectivity index (χ1) is 5.77. The van der Waals surface area contributed by atoms with E-state index >= 15 is 0 Å². The van der Waals surface area contributed by atoms with E-state index in [0.29, 0.717) is 11.0 Å². The first-order valence-corrected chi connectivity index (χ1v) is 4.49. The third-order valence-electron chi connectivity index (χ3n) is 1.41. The van der Waals surface area contributed by atoms with Gasteiger partial charge in [0.25, 0.3) is 0 Å². The normalized spacial score (nSPS) is 12.4. The molecule has 0 fully saturated rings. The largest absolute Gasteiger partial charge is 0.368 e. The molecule has 0 aliphatic heterocycles. The van der Waals surface area contributed by atoms with Crippen molar-refractivity contribution >= 4 is 28.2 Å². The van der Waals surface area contributed by atoms with Gasteiger partial charge in [0.2, 0.25) is 5.95 Å². The molecule has 1 aromatic rings. The number of nitrogens with two attached hydrogens (primary N) is 1. The molecule has 0 saturated carbocycles. The minimum Gasteiger partial charge on any atom is -0.368 e. The summed E-state index contributed by atoms with van der Waals surface area (Å²) in [7, 11) is 0. The number of aldehydes is 1. The zero-order chi connectivity index (χ0) is 8.97. The van der Waals surface area contributed by atoms with Crippen LogP contribution >= 0.6 is 15.9 Å². The number of carbonyl (C=O) groups is 1. The van der Waals surface area contributed by atoms with E-state index < -0.39 is 0 Å². The summed E-state index contributed by atoms with van der Waals surface area (Å²) in [6, 6.07) is 1.68. The van der Waals surface area contributed by atoms with Gasteiger partial charge in [-0.2, -0.15) is 0 Å². The van der Waals surface area contributed by atoms with Gasteiger partial charge in [0.05, 0.1) is 11.6 Å². The predicted octanol–water partition coefficient (Wildman–Crippen LogP) is 0.736. The molecule has 0 aliphatic carbocycles. The van der Waals surface area contributed by atoms with Crippen molar-refractivity contribution < 1.29 is 4.79 Å². The van der Waals surface area contributed by atoms with E-state index in [2.05, 4.69) is 25.9 Å². The van der Waals surface area contributed by atoms with Gasteiger partial charge in [0.1, 0.15) is 6.29 Å². The standard InChI is InChI=1S/C7H8BrN3O/c8-3-5(4-12)6-1-2-10-7(9)11-6/h1-2,4-5H,3H2,(H2,9,10,11). The molecule has 5 heteroatoms. The zero-order valence-corrected chi connectivity index (χ0v) is 7.86. The van der Waals surface area contributed by atoms with Crippen LogP contribution in [0.3, 0.4) is 0 Å². The molecule has 0 amide bonds. The van der Waals surface area contributed by atoms with E-state index in [0.717, 1.165) is 6.29 Å². The summed E-state index contributed by atoms with van der Waals surface area (Å²) in [6.45, 7) is 0. The van der Waals surface area contributed by atoms with Gasteiger partial charge in [-0.25, -0.2) is 9.97 Å². The number of rotatable bonds is 3. The number of nitrogen functional groups attached to an aromatic ring is 1. The molecule has 2 N–H and O–H groups in total. The van der Waals surface area contributed by atoms with Crippen LogP contribution in [0.25, 0.3) is 0 Å². The number of alkyl halides is 1. The lowest BCUT2D eigenvalue weighted by molar-refractivity contribution is -0.108. The van der Waals surface area contributed by atoms with Crippen LogP contribution in [0.5, 0.6) is 0 Å². The highest BCUT2D eigenvalue weighted by atomic mass is 79.9. The summed E-state index contributed by atoms with van der Waals surface area (Å²) in [6.07, 6.45) is 2.37. The van der Waals surface area contributed by atoms with Crippen LogP contribution in [0.2, 0.25) is 0 Å². The molecule has 0 aromatic carbocycles. The SMILES string of the molecule is Nc1nccc(C(C=O)CBr)n1. The van der Waals surface area contributed by atoms with Crippen LogP contribution in [-0.4, -0.2) is 21.6 Å². The highest BCUT2D eigenvalue weighted by Gasteiger charge is 2.09. The Labute approximate surface area is 78.3 Å². The Morgan fingerprint density at radius 1 is 1.75 bits per heavy atom. The molecule has 1 rings (SSSR count). The molecule has 4 nitrogen and oxygen atoms in total. The van der Waals surface area contributed by atoms with E-state index in [1.165, 1.54) is 6.20 Å². The van der Waals surface area contributed by atoms with Crippen molar-refractivity contribution in [2.75, 3.05) is 11.1 Å². The monoisotopic (exact) mass is 229 g/mol. The van der Waals surface area contributed by atoms with E-state index in [9.17, 15) is 4.79 Å². The fourth-order valence-electron chi connectivity index (χ4n) is 0.780. The first-order valence-electron chi connectivity index (χ1n) is 3.37. The van der Waals surface area contributed by atoms with Crippen molar-refractivity contribution in [3.8, 4) is 0 Å². The minimum absolute atomic E-state index is 0.195. The lowest BCUT2D eigenvalue weighted by Crippen LogP contribution is -2.06. The molecule has 0 radical (unpaired) electrons. The van der Waals surface area contributed by atoms with Crippen molar-refractivity contribution in [2.45, 2.75) is 5.92 Å². The number of hydrogen-bond acceptors (Lipinski definition) is 4. The Morgan fingerprint density at radius 2 is 2.50 bits per heavy atom. The van der Waals surface area contributed by atoms with Crippen molar-refractivity contribution in [3.63, 3.8) is 0 Å². The Balaban J connectivity index is 2.93. The summed E-state index contributed by atoms with van der Waals surface area (Å²) < 4.78 is 0. The van der Waals surface area contributed by atoms with Crippen molar-refractivity contribution in [2.24, 2.45) is 0 Å². The molecule has 0 saturated heterocycles.